The highest BCUT2D eigenvalue weighted by Crippen LogP contribution is 2.33. The van der Waals surface area contributed by atoms with Crippen LogP contribution in [-0.4, -0.2) is 5.78 Å². The lowest BCUT2D eigenvalue weighted by Gasteiger charge is -2.17. The Morgan fingerprint density at radius 2 is 1.77 bits per heavy atom. The number of carbonyl (C=O) groups is 1. The second-order valence-corrected chi connectivity index (χ2v) is 4.87. The Morgan fingerprint density at radius 1 is 1.08 bits per heavy atom. The maximum Gasteiger partial charge on any atom is 0.164 e. The van der Waals surface area contributed by atoms with Crippen molar-refractivity contribution in [1.82, 2.24) is 0 Å². The van der Waals surface area contributed by atoms with Gasteiger partial charge in [0.15, 0.2) is 5.78 Å². The molecule has 0 aromatic heterocycles. The van der Waals surface area contributed by atoms with Gasteiger partial charge in [-0.1, -0.05) is 31.9 Å². The predicted octanol–water partition coefficient (Wildman–Crippen LogP) is 3.73. The molecule has 1 aromatic rings. The molecule has 0 unspecified atom stereocenters. The molecule has 13 heavy (non-hydrogen) atoms. The zero-order valence-electron chi connectivity index (χ0n) is 6.94. The third-order valence-electron chi connectivity index (χ3n) is 2.31. The van der Waals surface area contributed by atoms with Crippen molar-refractivity contribution in [3.05, 3.63) is 32.2 Å². The standard InChI is InChI=1S/C10H8Br2O/c11-7-4-5-8(12)10-6(7)2-1-3-9(10)13/h4-5H,1-3H2. The van der Waals surface area contributed by atoms with Crippen LogP contribution in [0.4, 0.5) is 0 Å². The van der Waals surface area contributed by atoms with Gasteiger partial charge in [0.05, 0.1) is 0 Å². The molecule has 0 fully saturated rings. The van der Waals surface area contributed by atoms with Crippen molar-refractivity contribution in [2.24, 2.45) is 0 Å². The van der Waals surface area contributed by atoms with Crippen LogP contribution in [0.15, 0.2) is 21.1 Å². The molecular formula is C10H8Br2O. The summed E-state index contributed by atoms with van der Waals surface area (Å²) >= 11 is 6.89. The molecule has 0 bridgehead atoms. The lowest BCUT2D eigenvalue weighted by Crippen LogP contribution is -2.12. The fourth-order valence-electron chi connectivity index (χ4n) is 1.69. The van der Waals surface area contributed by atoms with Crippen molar-refractivity contribution >= 4 is 37.6 Å². The van der Waals surface area contributed by atoms with Crippen LogP contribution in [0.3, 0.4) is 0 Å². The molecule has 0 saturated heterocycles. The van der Waals surface area contributed by atoms with E-state index in [-0.39, 0.29) is 5.78 Å². The molecule has 0 atom stereocenters. The Labute approximate surface area is 93.8 Å². The number of hydrogen-bond acceptors (Lipinski definition) is 1. The first-order valence-corrected chi connectivity index (χ1v) is 5.79. The maximum atomic E-state index is 11.6. The van der Waals surface area contributed by atoms with E-state index < -0.39 is 0 Å². The van der Waals surface area contributed by atoms with Crippen molar-refractivity contribution in [1.29, 1.82) is 0 Å². The summed E-state index contributed by atoms with van der Waals surface area (Å²) in [6.07, 6.45) is 2.66. The lowest BCUT2D eigenvalue weighted by atomic mass is 9.91. The average molecular weight is 304 g/mol. The number of fused-ring (bicyclic) bond motifs is 1. The minimum Gasteiger partial charge on any atom is -0.294 e. The summed E-state index contributed by atoms with van der Waals surface area (Å²) in [5.74, 6) is 0.259. The zero-order valence-corrected chi connectivity index (χ0v) is 10.1. The van der Waals surface area contributed by atoms with Crippen molar-refractivity contribution in [3.63, 3.8) is 0 Å². The molecule has 1 nitrogen and oxygen atoms in total. The smallest absolute Gasteiger partial charge is 0.164 e. The molecule has 0 N–H and O–H groups in total. The van der Waals surface area contributed by atoms with Crippen molar-refractivity contribution in [2.45, 2.75) is 19.3 Å². The Bertz CT molecular complexity index is 371. The first kappa shape index (κ1) is 9.41. The van der Waals surface area contributed by atoms with Gasteiger partial charge in [0.1, 0.15) is 0 Å². The van der Waals surface area contributed by atoms with E-state index in [9.17, 15) is 4.79 Å². The monoisotopic (exact) mass is 302 g/mol. The Kier molecular flexibility index (Phi) is 2.56. The third kappa shape index (κ3) is 1.59. The SMILES string of the molecule is O=C1CCCc2c(Br)ccc(Br)c21. The Balaban J connectivity index is 2.67. The van der Waals surface area contributed by atoms with Gasteiger partial charge < -0.3 is 0 Å². The van der Waals surface area contributed by atoms with Crippen LogP contribution >= 0.6 is 31.9 Å². The first-order chi connectivity index (χ1) is 6.20. The summed E-state index contributed by atoms with van der Waals surface area (Å²) in [7, 11) is 0. The van der Waals surface area contributed by atoms with Gasteiger partial charge in [-0.3, -0.25) is 4.79 Å². The summed E-state index contributed by atoms with van der Waals surface area (Å²) in [5.41, 5.74) is 2.03. The van der Waals surface area contributed by atoms with E-state index >= 15 is 0 Å². The number of ketones is 1. The quantitative estimate of drug-likeness (QED) is 0.714. The van der Waals surface area contributed by atoms with Crippen molar-refractivity contribution in [2.75, 3.05) is 0 Å². The molecule has 3 heteroatoms. The molecule has 0 spiro atoms. The summed E-state index contributed by atoms with van der Waals surface area (Å²) in [6.45, 7) is 0. The van der Waals surface area contributed by atoms with E-state index in [1.54, 1.807) is 0 Å². The third-order valence-corrected chi connectivity index (χ3v) is 3.72. The van der Waals surface area contributed by atoms with Gasteiger partial charge in [0, 0.05) is 20.9 Å². The Hall–Kier alpha value is -0.150. The van der Waals surface area contributed by atoms with Crippen LogP contribution in [0.5, 0.6) is 0 Å². The largest absolute Gasteiger partial charge is 0.294 e. The number of hydrogen-bond donors (Lipinski definition) is 0. The van der Waals surface area contributed by atoms with Crippen LogP contribution in [0.25, 0.3) is 0 Å². The molecule has 0 heterocycles. The van der Waals surface area contributed by atoms with E-state index in [0.29, 0.717) is 6.42 Å². The summed E-state index contributed by atoms with van der Waals surface area (Å²) in [6, 6.07) is 3.91. The highest BCUT2D eigenvalue weighted by molar-refractivity contribution is 9.11. The second-order valence-electron chi connectivity index (χ2n) is 3.16. The van der Waals surface area contributed by atoms with Crippen molar-refractivity contribution < 1.29 is 4.79 Å². The molecular weight excluding hydrogens is 296 g/mol. The summed E-state index contributed by atoms with van der Waals surface area (Å²) < 4.78 is 1.98. The van der Waals surface area contributed by atoms with Gasteiger partial charge in [-0.05, 0) is 30.5 Å². The lowest BCUT2D eigenvalue weighted by molar-refractivity contribution is 0.0971. The predicted molar refractivity (Wildman–Crippen MR) is 59.1 cm³/mol. The molecule has 0 amide bonds. The number of carbonyl (C=O) groups excluding carboxylic acids is 1. The molecule has 0 radical (unpaired) electrons. The van der Waals surface area contributed by atoms with Gasteiger partial charge >= 0.3 is 0 Å². The Morgan fingerprint density at radius 3 is 2.46 bits per heavy atom. The van der Waals surface area contributed by atoms with E-state index in [4.69, 9.17) is 0 Å². The van der Waals surface area contributed by atoms with Crippen LogP contribution in [-0.2, 0) is 6.42 Å². The van der Waals surface area contributed by atoms with E-state index in [1.165, 1.54) is 0 Å². The molecule has 0 aliphatic heterocycles. The zero-order chi connectivity index (χ0) is 9.42. The van der Waals surface area contributed by atoms with Crippen LogP contribution in [0, 0.1) is 0 Å². The van der Waals surface area contributed by atoms with Gasteiger partial charge in [-0.2, -0.15) is 0 Å². The fourth-order valence-corrected chi connectivity index (χ4v) is 2.81. The molecule has 2 rings (SSSR count). The maximum absolute atomic E-state index is 11.6. The van der Waals surface area contributed by atoms with Crippen LogP contribution in [0.1, 0.15) is 28.8 Å². The number of benzene rings is 1. The highest BCUT2D eigenvalue weighted by Gasteiger charge is 2.21. The van der Waals surface area contributed by atoms with Crippen molar-refractivity contribution in [3.8, 4) is 0 Å². The second kappa shape index (κ2) is 3.54. The average Bonchev–Trinajstić information content (AvgIpc) is 2.12. The topological polar surface area (TPSA) is 17.1 Å². The van der Waals surface area contributed by atoms with Crippen LogP contribution in [0.2, 0.25) is 0 Å². The molecule has 1 aromatic carbocycles. The van der Waals surface area contributed by atoms with Gasteiger partial charge in [-0.15, -0.1) is 0 Å². The number of Topliss-reactive ketones (excluding diaryl/α,β-unsaturated/α-hetero) is 1. The van der Waals surface area contributed by atoms with Gasteiger partial charge in [0.2, 0.25) is 0 Å². The highest BCUT2D eigenvalue weighted by atomic mass is 79.9. The van der Waals surface area contributed by atoms with Gasteiger partial charge in [0.25, 0.3) is 0 Å². The van der Waals surface area contributed by atoms with Crippen LogP contribution < -0.4 is 0 Å². The van der Waals surface area contributed by atoms with Gasteiger partial charge in [-0.25, -0.2) is 0 Å². The van der Waals surface area contributed by atoms with E-state index in [0.717, 1.165) is 32.9 Å². The molecule has 0 saturated carbocycles. The number of halogens is 2. The molecule has 1 aliphatic rings. The normalized spacial score (nSPS) is 15.7. The van der Waals surface area contributed by atoms with E-state index in [2.05, 4.69) is 31.9 Å². The minimum atomic E-state index is 0.259. The fraction of sp³-hybridized carbons (Fsp3) is 0.300. The minimum absolute atomic E-state index is 0.259. The number of rotatable bonds is 0. The molecule has 68 valence electrons. The first-order valence-electron chi connectivity index (χ1n) is 4.20. The summed E-state index contributed by atoms with van der Waals surface area (Å²) in [4.78, 5) is 11.6. The van der Waals surface area contributed by atoms with E-state index in [1.807, 2.05) is 12.1 Å². The summed E-state index contributed by atoms with van der Waals surface area (Å²) in [5, 5.41) is 0. The molecule has 1 aliphatic carbocycles.